The minimum Gasteiger partial charge on any atom is -0.496 e. The molecule has 9 heteroatoms. The van der Waals surface area contributed by atoms with Crippen LogP contribution >= 0.6 is 0 Å². The van der Waals surface area contributed by atoms with Crippen molar-refractivity contribution >= 4 is 5.91 Å². The van der Waals surface area contributed by atoms with Gasteiger partial charge in [-0.25, -0.2) is 9.49 Å². The quantitative estimate of drug-likeness (QED) is 0.549. The first-order valence-corrected chi connectivity index (χ1v) is 9.76. The van der Waals surface area contributed by atoms with Gasteiger partial charge in [-0.1, -0.05) is 12.1 Å². The van der Waals surface area contributed by atoms with Crippen LogP contribution in [0.3, 0.4) is 0 Å². The van der Waals surface area contributed by atoms with Gasteiger partial charge in [0.05, 0.1) is 7.11 Å². The van der Waals surface area contributed by atoms with Gasteiger partial charge < -0.3 is 15.8 Å². The minimum atomic E-state index is -0.328. The molecule has 0 spiro atoms. The number of nitrogens with two attached hydrogens (primary N) is 1. The van der Waals surface area contributed by atoms with Gasteiger partial charge in [0.1, 0.15) is 11.6 Å². The largest absolute Gasteiger partial charge is 0.496 e. The number of hydrogen-bond acceptors (Lipinski definition) is 6. The fraction of sp³-hybridized carbons (Fsp3) is 0.333. The highest BCUT2D eigenvalue weighted by atomic mass is 19.1. The Hall–Kier alpha value is -3.33. The van der Waals surface area contributed by atoms with Crippen molar-refractivity contribution < 1.29 is 13.9 Å². The summed E-state index contributed by atoms with van der Waals surface area (Å²) in [6, 6.07) is 12.0. The van der Waals surface area contributed by atoms with Crippen molar-refractivity contribution in [3.8, 4) is 17.1 Å². The molecule has 0 saturated heterocycles. The van der Waals surface area contributed by atoms with E-state index in [-0.39, 0.29) is 29.6 Å². The number of primary amides is 1. The Morgan fingerprint density at radius 2 is 2.07 bits per heavy atom. The average molecular weight is 410 g/mol. The number of H-pyrrole nitrogens is 1. The summed E-state index contributed by atoms with van der Waals surface area (Å²) in [4.78, 5) is 12.0. The number of methoxy groups -OCH3 is 1. The molecule has 1 aliphatic carbocycles. The lowest BCUT2D eigenvalue weighted by molar-refractivity contribution is -0.122. The predicted octanol–water partition coefficient (Wildman–Crippen LogP) is 2.15. The molecule has 2 aromatic carbocycles. The summed E-state index contributed by atoms with van der Waals surface area (Å²) in [6.07, 6.45) is 1.49. The van der Waals surface area contributed by atoms with Crippen molar-refractivity contribution in [3.63, 3.8) is 0 Å². The summed E-state index contributed by atoms with van der Waals surface area (Å²) in [6.45, 7) is 0.520. The highest BCUT2D eigenvalue weighted by Crippen LogP contribution is 2.40. The van der Waals surface area contributed by atoms with E-state index >= 15 is 0 Å². The summed E-state index contributed by atoms with van der Waals surface area (Å²) in [5.41, 5.74) is 8.35. The number of carbonyl (C=O) groups is 1. The molecule has 1 heterocycles. The number of hydrogen-bond donors (Lipinski definition) is 3. The van der Waals surface area contributed by atoms with E-state index in [9.17, 15) is 9.18 Å². The van der Waals surface area contributed by atoms with E-state index in [2.05, 4.69) is 25.9 Å². The van der Waals surface area contributed by atoms with Crippen molar-refractivity contribution in [2.45, 2.75) is 31.3 Å². The fourth-order valence-corrected chi connectivity index (χ4v) is 4.28. The van der Waals surface area contributed by atoms with Gasteiger partial charge in [-0.3, -0.25) is 4.79 Å². The van der Waals surface area contributed by atoms with Crippen LogP contribution in [0.15, 0.2) is 42.5 Å². The Bertz CT molecular complexity index is 1010. The molecule has 1 aliphatic rings. The van der Waals surface area contributed by atoms with Crippen LogP contribution in [0.4, 0.5) is 4.39 Å². The number of tetrazole rings is 1. The normalized spacial score (nSPS) is 20.9. The summed E-state index contributed by atoms with van der Waals surface area (Å²) in [5, 5.41) is 17.5. The third-order valence-electron chi connectivity index (χ3n) is 5.73. The zero-order valence-electron chi connectivity index (χ0n) is 16.5. The van der Waals surface area contributed by atoms with Gasteiger partial charge in [0.25, 0.3) is 0 Å². The van der Waals surface area contributed by atoms with E-state index in [1.54, 1.807) is 19.2 Å². The van der Waals surface area contributed by atoms with Crippen molar-refractivity contribution in [2.75, 3.05) is 7.11 Å². The van der Waals surface area contributed by atoms with Crippen LogP contribution in [0.25, 0.3) is 11.4 Å². The number of aromatic nitrogens is 4. The number of carbonyl (C=O) groups excluding carboxylic acids is 1. The van der Waals surface area contributed by atoms with Gasteiger partial charge in [-0.2, -0.15) is 0 Å². The summed E-state index contributed by atoms with van der Waals surface area (Å²) in [5.74, 6) is 0.267. The number of halogens is 1. The zero-order chi connectivity index (χ0) is 21.1. The monoisotopic (exact) mass is 410 g/mol. The molecule has 8 nitrogen and oxygen atoms in total. The third-order valence-corrected chi connectivity index (χ3v) is 5.73. The number of rotatable bonds is 7. The summed E-state index contributed by atoms with van der Waals surface area (Å²) in [7, 11) is 1.62. The number of benzene rings is 2. The maximum absolute atomic E-state index is 13.4. The molecular formula is C21H23FN6O2. The van der Waals surface area contributed by atoms with Gasteiger partial charge in [0.2, 0.25) is 5.91 Å². The van der Waals surface area contributed by atoms with Crippen LogP contribution in [0.2, 0.25) is 0 Å². The molecule has 0 aliphatic heterocycles. The Morgan fingerprint density at radius 3 is 2.73 bits per heavy atom. The topological polar surface area (TPSA) is 119 Å². The first-order chi connectivity index (χ1) is 14.6. The highest BCUT2D eigenvalue weighted by Gasteiger charge is 2.40. The van der Waals surface area contributed by atoms with Crippen LogP contribution in [0, 0.1) is 11.7 Å². The fourth-order valence-electron chi connectivity index (χ4n) is 4.28. The number of aromatic amines is 1. The smallest absolute Gasteiger partial charge is 0.221 e. The molecular weight excluding hydrogens is 387 g/mol. The van der Waals surface area contributed by atoms with Crippen molar-refractivity contribution in [1.82, 2.24) is 25.9 Å². The van der Waals surface area contributed by atoms with Crippen LogP contribution < -0.4 is 15.8 Å². The van der Waals surface area contributed by atoms with Gasteiger partial charge in [-0.15, -0.1) is 5.10 Å². The lowest BCUT2D eigenvalue weighted by Gasteiger charge is -2.25. The Morgan fingerprint density at radius 1 is 1.27 bits per heavy atom. The second-order valence-corrected chi connectivity index (χ2v) is 7.43. The number of nitrogens with zero attached hydrogens (tertiary/aromatic N) is 3. The third kappa shape index (κ3) is 4.02. The van der Waals surface area contributed by atoms with E-state index in [1.165, 1.54) is 12.1 Å². The van der Waals surface area contributed by atoms with E-state index in [4.69, 9.17) is 10.5 Å². The van der Waals surface area contributed by atoms with Gasteiger partial charge in [0.15, 0.2) is 5.82 Å². The molecule has 30 heavy (non-hydrogen) atoms. The number of amides is 1. The molecule has 3 aromatic rings. The van der Waals surface area contributed by atoms with E-state index < -0.39 is 0 Å². The Labute approximate surface area is 173 Å². The first-order valence-electron chi connectivity index (χ1n) is 9.76. The standard InChI is InChI=1S/C21H23FN6O2/c1-30-18-9-4-13(21-25-27-28-26-21)10-14(18)11-24-17-8-7-16(20(23)29)19(17)12-2-5-15(22)6-3-12/h2-6,9-10,16-17,19,24H,7-8,11H2,1H3,(H2,23,29)(H,25,26,27,28). The lowest BCUT2D eigenvalue weighted by Crippen LogP contribution is -2.35. The van der Waals surface area contributed by atoms with Crippen molar-refractivity contribution in [3.05, 3.63) is 59.4 Å². The molecule has 1 fully saturated rings. The number of nitrogens with one attached hydrogen (secondary N) is 2. The summed E-state index contributed by atoms with van der Waals surface area (Å²) < 4.78 is 18.9. The van der Waals surface area contributed by atoms with Crippen molar-refractivity contribution in [2.24, 2.45) is 11.7 Å². The molecule has 4 rings (SSSR count). The SMILES string of the molecule is COc1ccc(-c2nnn[nH]2)cc1CNC1CCC(C(N)=O)C1c1ccc(F)cc1. The van der Waals surface area contributed by atoms with Crippen LogP contribution in [-0.4, -0.2) is 39.7 Å². The zero-order valence-corrected chi connectivity index (χ0v) is 16.5. The van der Waals surface area contributed by atoms with E-state index in [0.717, 1.165) is 28.9 Å². The van der Waals surface area contributed by atoms with Gasteiger partial charge in [0, 0.05) is 35.5 Å². The van der Waals surface area contributed by atoms with Crippen LogP contribution in [0.1, 0.15) is 29.9 Å². The molecule has 156 valence electrons. The maximum Gasteiger partial charge on any atom is 0.221 e. The van der Waals surface area contributed by atoms with Gasteiger partial charge in [-0.05, 0) is 59.2 Å². The first kappa shape index (κ1) is 20.0. The Kier molecular flexibility index (Phi) is 5.71. The highest BCUT2D eigenvalue weighted by molar-refractivity contribution is 5.78. The molecule has 1 amide bonds. The second kappa shape index (κ2) is 8.58. The predicted molar refractivity (Wildman–Crippen MR) is 108 cm³/mol. The van der Waals surface area contributed by atoms with Crippen LogP contribution in [0.5, 0.6) is 5.75 Å². The van der Waals surface area contributed by atoms with E-state index in [0.29, 0.717) is 18.8 Å². The molecule has 0 radical (unpaired) electrons. The molecule has 1 saturated carbocycles. The average Bonchev–Trinajstić information content (AvgIpc) is 3.43. The molecule has 1 aromatic heterocycles. The number of ether oxygens (including phenoxy) is 1. The minimum absolute atomic E-state index is 0.0215. The van der Waals surface area contributed by atoms with Gasteiger partial charge >= 0.3 is 0 Å². The molecule has 3 atom stereocenters. The molecule has 0 bridgehead atoms. The van der Waals surface area contributed by atoms with Crippen molar-refractivity contribution in [1.29, 1.82) is 0 Å². The second-order valence-electron chi connectivity index (χ2n) is 7.43. The van der Waals surface area contributed by atoms with E-state index in [1.807, 2.05) is 18.2 Å². The maximum atomic E-state index is 13.4. The molecule has 3 unspecified atom stereocenters. The lowest BCUT2D eigenvalue weighted by atomic mass is 9.86. The molecule has 4 N–H and O–H groups in total. The Balaban J connectivity index is 1.56. The summed E-state index contributed by atoms with van der Waals surface area (Å²) >= 11 is 0. The van der Waals surface area contributed by atoms with Crippen LogP contribution in [-0.2, 0) is 11.3 Å².